The Morgan fingerprint density at radius 3 is 2.88 bits per heavy atom. The minimum Gasteiger partial charge on any atom is -0.310 e. The minimum absolute atomic E-state index is 0.549. The Labute approximate surface area is 59.3 Å². The summed E-state index contributed by atoms with van der Waals surface area (Å²) in [5.74, 6) is 0. The Balaban J connectivity index is 2.97. The molecule has 0 aliphatic rings. The lowest BCUT2D eigenvalue weighted by Crippen LogP contribution is -2.26. The molecule has 0 aliphatic heterocycles. The van der Waals surface area contributed by atoms with E-state index >= 15 is 0 Å². The number of nitrogens with one attached hydrogen (secondary N) is 1. The van der Waals surface area contributed by atoms with Crippen LogP contribution in [-0.4, -0.2) is 17.9 Å². The van der Waals surface area contributed by atoms with E-state index in [1.807, 2.05) is 6.08 Å². The summed E-state index contributed by atoms with van der Waals surface area (Å²) in [5, 5.41) is 4.22. The average Bonchev–Trinajstić information content (AvgIpc) is 1.83. The van der Waals surface area contributed by atoms with Crippen LogP contribution >= 0.6 is 15.9 Å². The van der Waals surface area contributed by atoms with Crippen LogP contribution in [0, 0.1) is 0 Å². The van der Waals surface area contributed by atoms with Crippen LogP contribution < -0.4 is 5.32 Å². The van der Waals surface area contributed by atoms with E-state index in [1.54, 1.807) is 0 Å². The second kappa shape index (κ2) is 5.32. The summed E-state index contributed by atoms with van der Waals surface area (Å²) in [6.45, 7) is 6.61. The maximum absolute atomic E-state index is 3.59. The highest BCUT2D eigenvalue weighted by Gasteiger charge is 1.92. The standard InChI is InChI=1S/C6H12BrN/c1-3-4-8-6(2)5-7/h3,6,8H,1,4-5H2,2H3. The molecule has 0 aromatic carbocycles. The summed E-state index contributed by atoms with van der Waals surface area (Å²) in [5.41, 5.74) is 0. The quantitative estimate of drug-likeness (QED) is 0.508. The van der Waals surface area contributed by atoms with Gasteiger partial charge in [0.25, 0.3) is 0 Å². The van der Waals surface area contributed by atoms with E-state index in [1.165, 1.54) is 0 Å². The summed E-state index contributed by atoms with van der Waals surface area (Å²) in [6.07, 6.45) is 1.86. The molecule has 0 heterocycles. The van der Waals surface area contributed by atoms with Gasteiger partial charge in [0.1, 0.15) is 0 Å². The van der Waals surface area contributed by atoms with Gasteiger partial charge in [0.2, 0.25) is 0 Å². The summed E-state index contributed by atoms with van der Waals surface area (Å²) in [7, 11) is 0. The molecule has 8 heavy (non-hydrogen) atoms. The first-order valence-corrected chi connectivity index (χ1v) is 3.83. The van der Waals surface area contributed by atoms with Crippen LogP contribution in [-0.2, 0) is 0 Å². The first-order chi connectivity index (χ1) is 3.81. The van der Waals surface area contributed by atoms with E-state index in [2.05, 4.69) is 34.7 Å². The predicted octanol–water partition coefficient (Wildman–Crippen LogP) is 1.55. The highest BCUT2D eigenvalue weighted by molar-refractivity contribution is 9.09. The van der Waals surface area contributed by atoms with Gasteiger partial charge in [-0.1, -0.05) is 22.0 Å². The number of rotatable bonds is 4. The molecule has 0 aromatic rings. The second-order valence-corrected chi connectivity index (χ2v) is 2.40. The van der Waals surface area contributed by atoms with Crippen LogP contribution in [0.3, 0.4) is 0 Å². The molecule has 1 unspecified atom stereocenters. The fourth-order valence-corrected chi connectivity index (χ4v) is 0.568. The average molecular weight is 178 g/mol. The van der Waals surface area contributed by atoms with E-state index in [-0.39, 0.29) is 0 Å². The predicted molar refractivity (Wildman–Crippen MR) is 41.5 cm³/mol. The Hall–Kier alpha value is 0.180. The highest BCUT2D eigenvalue weighted by atomic mass is 79.9. The van der Waals surface area contributed by atoms with Crippen molar-refractivity contribution in [2.24, 2.45) is 0 Å². The Kier molecular flexibility index (Phi) is 5.44. The molecule has 0 aromatic heterocycles. The van der Waals surface area contributed by atoms with Gasteiger partial charge in [0.15, 0.2) is 0 Å². The Bertz CT molecular complexity index is 63.5. The van der Waals surface area contributed by atoms with Crippen molar-refractivity contribution >= 4 is 15.9 Å². The van der Waals surface area contributed by atoms with Crippen LogP contribution in [0.1, 0.15) is 6.92 Å². The zero-order valence-electron chi connectivity index (χ0n) is 5.15. The molecule has 0 saturated carbocycles. The third-order valence-electron chi connectivity index (χ3n) is 0.842. The van der Waals surface area contributed by atoms with Crippen molar-refractivity contribution in [1.82, 2.24) is 5.32 Å². The number of hydrogen-bond acceptors (Lipinski definition) is 1. The summed E-state index contributed by atoms with van der Waals surface area (Å²) in [6, 6.07) is 0.549. The molecule has 0 radical (unpaired) electrons. The van der Waals surface area contributed by atoms with Crippen LogP contribution in [0.5, 0.6) is 0 Å². The van der Waals surface area contributed by atoms with Gasteiger partial charge in [-0.3, -0.25) is 0 Å². The van der Waals surface area contributed by atoms with E-state index in [4.69, 9.17) is 0 Å². The molecular formula is C6H12BrN. The van der Waals surface area contributed by atoms with Gasteiger partial charge < -0.3 is 5.32 Å². The van der Waals surface area contributed by atoms with E-state index in [0.717, 1.165) is 11.9 Å². The van der Waals surface area contributed by atoms with Gasteiger partial charge in [-0.2, -0.15) is 0 Å². The largest absolute Gasteiger partial charge is 0.310 e. The van der Waals surface area contributed by atoms with Crippen molar-refractivity contribution in [3.63, 3.8) is 0 Å². The van der Waals surface area contributed by atoms with Crippen molar-refractivity contribution in [3.05, 3.63) is 12.7 Å². The van der Waals surface area contributed by atoms with Crippen molar-refractivity contribution in [2.75, 3.05) is 11.9 Å². The van der Waals surface area contributed by atoms with Gasteiger partial charge in [-0.15, -0.1) is 6.58 Å². The lowest BCUT2D eigenvalue weighted by atomic mass is 10.4. The van der Waals surface area contributed by atoms with Crippen LogP contribution in [0.4, 0.5) is 0 Å². The lowest BCUT2D eigenvalue weighted by Gasteiger charge is -2.05. The molecule has 0 saturated heterocycles. The summed E-state index contributed by atoms with van der Waals surface area (Å²) >= 11 is 3.35. The maximum Gasteiger partial charge on any atom is 0.0183 e. The molecule has 2 heteroatoms. The Morgan fingerprint density at radius 1 is 1.88 bits per heavy atom. The van der Waals surface area contributed by atoms with Gasteiger partial charge in [-0.25, -0.2) is 0 Å². The molecule has 0 fully saturated rings. The van der Waals surface area contributed by atoms with Gasteiger partial charge >= 0.3 is 0 Å². The monoisotopic (exact) mass is 177 g/mol. The lowest BCUT2D eigenvalue weighted by molar-refractivity contribution is 0.644. The van der Waals surface area contributed by atoms with E-state index < -0.39 is 0 Å². The molecule has 0 spiro atoms. The van der Waals surface area contributed by atoms with Gasteiger partial charge in [0.05, 0.1) is 0 Å². The minimum atomic E-state index is 0.549. The molecule has 0 rings (SSSR count). The van der Waals surface area contributed by atoms with Crippen LogP contribution in [0.25, 0.3) is 0 Å². The molecule has 1 N–H and O–H groups in total. The third kappa shape index (κ3) is 4.34. The topological polar surface area (TPSA) is 12.0 Å². The molecule has 1 nitrogen and oxygen atoms in total. The molecule has 0 amide bonds. The molecule has 1 atom stereocenters. The second-order valence-electron chi connectivity index (χ2n) is 1.75. The highest BCUT2D eigenvalue weighted by Crippen LogP contribution is 1.86. The molecule has 0 aliphatic carbocycles. The van der Waals surface area contributed by atoms with E-state index in [9.17, 15) is 0 Å². The van der Waals surface area contributed by atoms with Crippen LogP contribution in [0.15, 0.2) is 12.7 Å². The normalized spacial score (nSPS) is 13.2. The van der Waals surface area contributed by atoms with Crippen molar-refractivity contribution in [1.29, 1.82) is 0 Å². The maximum atomic E-state index is 3.59. The molecule has 48 valence electrons. The zero-order valence-corrected chi connectivity index (χ0v) is 6.74. The number of halogens is 1. The molecule has 0 bridgehead atoms. The fraction of sp³-hybridized carbons (Fsp3) is 0.667. The smallest absolute Gasteiger partial charge is 0.0183 e. The zero-order chi connectivity index (χ0) is 6.41. The van der Waals surface area contributed by atoms with Gasteiger partial charge in [-0.05, 0) is 6.92 Å². The number of hydrogen-bond donors (Lipinski definition) is 1. The van der Waals surface area contributed by atoms with Crippen LogP contribution in [0.2, 0.25) is 0 Å². The number of alkyl halides is 1. The van der Waals surface area contributed by atoms with Gasteiger partial charge in [0, 0.05) is 17.9 Å². The first-order valence-electron chi connectivity index (χ1n) is 2.71. The Morgan fingerprint density at radius 2 is 2.50 bits per heavy atom. The van der Waals surface area contributed by atoms with Crippen molar-refractivity contribution < 1.29 is 0 Å². The summed E-state index contributed by atoms with van der Waals surface area (Å²) in [4.78, 5) is 0. The summed E-state index contributed by atoms with van der Waals surface area (Å²) < 4.78 is 0. The van der Waals surface area contributed by atoms with E-state index in [0.29, 0.717) is 6.04 Å². The third-order valence-corrected chi connectivity index (χ3v) is 1.81. The first kappa shape index (κ1) is 8.18. The van der Waals surface area contributed by atoms with Crippen molar-refractivity contribution in [2.45, 2.75) is 13.0 Å². The van der Waals surface area contributed by atoms with Crippen molar-refractivity contribution in [3.8, 4) is 0 Å². The molecular weight excluding hydrogens is 166 g/mol. The SMILES string of the molecule is C=CCNC(C)CBr. The fourth-order valence-electron chi connectivity index (χ4n) is 0.339.